The van der Waals surface area contributed by atoms with Crippen LogP contribution in [0.4, 0.5) is 22.7 Å². The number of hydrogen-bond acceptors (Lipinski definition) is 4. The van der Waals surface area contributed by atoms with Gasteiger partial charge in [-0.2, -0.15) is 16.3 Å². The van der Waals surface area contributed by atoms with E-state index in [0.717, 1.165) is 45.3 Å². The minimum Gasteiger partial charge on any atom is -0.371 e. The van der Waals surface area contributed by atoms with Gasteiger partial charge in [-0.1, -0.05) is 116 Å². The molecule has 0 saturated heterocycles. The number of rotatable bonds is 10. The number of benzene rings is 5. The van der Waals surface area contributed by atoms with Gasteiger partial charge in [-0.25, -0.2) is 0 Å². The number of nitrogens with zero attached hydrogens (tertiary/aromatic N) is 6. The summed E-state index contributed by atoms with van der Waals surface area (Å²) in [7, 11) is 0. The van der Waals surface area contributed by atoms with Gasteiger partial charge in [0.1, 0.15) is 5.66 Å². The molecule has 6 nitrogen and oxygen atoms in total. The van der Waals surface area contributed by atoms with Crippen LogP contribution < -0.4 is 9.80 Å². The maximum Gasteiger partial charge on any atom is 2.00 e. The van der Waals surface area contributed by atoms with E-state index in [9.17, 15) is 0 Å². The third-order valence-electron chi connectivity index (χ3n) is 11.4. The molecule has 58 heavy (non-hydrogen) atoms. The van der Waals surface area contributed by atoms with E-state index in [1.54, 1.807) is 0 Å². The van der Waals surface area contributed by atoms with Crippen LogP contribution in [0.5, 0.6) is 0 Å². The normalized spacial score (nSPS) is 13.6. The molecule has 7 aromatic rings. The van der Waals surface area contributed by atoms with Crippen molar-refractivity contribution in [3.63, 3.8) is 0 Å². The van der Waals surface area contributed by atoms with Crippen LogP contribution in [0, 0.1) is 12.1 Å². The van der Waals surface area contributed by atoms with E-state index in [0.29, 0.717) is 23.7 Å². The number of aromatic nitrogens is 4. The monoisotopic (exact) mass is 945 g/mol. The number of hydrogen-bond donors (Lipinski definition) is 0. The van der Waals surface area contributed by atoms with Crippen molar-refractivity contribution in [2.45, 2.75) is 98.6 Å². The first-order chi connectivity index (χ1) is 27.3. The SMILES string of the molecule is CC(C)c1cccc(C(C)C)c1-c1cnn(-c2[c-]c(N3c4[c-]c(-n5cc(-c6c(C(C)C)cccc6C(C)C)cn5)ccc4N(c4ccccc4)C3(C)C)ccc2)c1.[Pt+2]. The largest absolute Gasteiger partial charge is 2.00 e. The van der Waals surface area contributed by atoms with E-state index in [2.05, 4.69) is 201 Å². The Morgan fingerprint density at radius 3 is 1.41 bits per heavy atom. The van der Waals surface area contributed by atoms with Crippen molar-refractivity contribution in [3.8, 4) is 33.6 Å². The average Bonchev–Trinajstić information content (AvgIpc) is 3.94. The molecule has 2 aromatic heterocycles. The summed E-state index contributed by atoms with van der Waals surface area (Å²) in [6.45, 7) is 22.6. The molecule has 0 atom stereocenters. The molecule has 7 heteroatoms. The Bertz CT molecular complexity index is 2490. The maximum absolute atomic E-state index is 4.95. The molecule has 0 N–H and O–H groups in total. The molecule has 0 radical (unpaired) electrons. The summed E-state index contributed by atoms with van der Waals surface area (Å²) in [5.41, 5.74) is 15.5. The van der Waals surface area contributed by atoms with Crippen LogP contribution in [0.25, 0.3) is 33.6 Å². The second kappa shape index (κ2) is 16.2. The molecule has 3 heterocycles. The zero-order valence-corrected chi connectivity index (χ0v) is 37.6. The summed E-state index contributed by atoms with van der Waals surface area (Å²) < 4.78 is 3.93. The van der Waals surface area contributed by atoms with Gasteiger partial charge < -0.3 is 9.80 Å². The zero-order valence-electron chi connectivity index (χ0n) is 35.4. The van der Waals surface area contributed by atoms with Gasteiger partial charge in [0.2, 0.25) is 0 Å². The molecule has 0 saturated carbocycles. The van der Waals surface area contributed by atoms with Crippen molar-refractivity contribution in [2.75, 3.05) is 9.80 Å². The maximum atomic E-state index is 4.95. The Hall–Kier alpha value is -5.19. The molecule has 5 aromatic carbocycles. The van der Waals surface area contributed by atoms with E-state index in [-0.39, 0.29) is 21.1 Å². The standard InChI is InChI=1S/C51H54N6.Pt/c1-33(2)43-21-15-22-44(34(3)4)49(43)37-29-52-54(31-37)40-19-14-20-42(27-40)57-48-28-41(25-26-47(48)56(51(57,9)10)39-17-12-11-13-18-39)55-32-38(30-53-55)50-45(35(5)6)23-16-24-46(50)36(7)8;/h11-26,29-36H,1-10H3;/q-2;+2. The van der Waals surface area contributed by atoms with Gasteiger partial charge in [0, 0.05) is 29.2 Å². The van der Waals surface area contributed by atoms with Crippen LogP contribution in [0.1, 0.15) is 115 Å². The quantitative estimate of drug-likeness (QED) is 0.128. The van der Waals surface area contributed by atoms with Gasteiger partial charge in [0.15, 0.2) is 0 Å². The first-order valence-corrected chi connectivity index (χ1v) is 20.5. The van der Waals surface area contributed by atoms with Crippen LogP contribution in [-0.2, 0) is 21.1 Å². The molecular formula is C51H54N6Pt. The predicted molar refractivity (Wildman–Crippen MR) is 237 cm³/mol. The fraction of sp³-hybridized carbons (Fsp3) is 0.294. The second-order valence-corrected chi connectivity index (χ2v) is 17.1. The first-order valence-electron chi connectivity index (χ1n) is 20.5. The van der Waals surface area contributed by atoms with Gasteiger partial charge in [-0.15, -0.1) is 36.4 Å². The van der Waals surface area contributed by atoms with Crippen molar-refractivity contribution in [3.05, 3.63) is 156 Å². The van der Waals surface area contributed by atoms with E-state index < -0.39 is 5.66 Å². The Kier molecular flexibility index (Phi) is 11.5. The van der Waals surface area contributed by atoms with Crippen molar-refractivity contribution >= 4 is 22.7 Å². The Morgan fingerprint density at radius 1 is 0.483 bits per heavy atom. The van der Waals surface area contributed by atoms with Crippen LogP contribution in [0.15, 0.2) is 122 Å². The fourth-order valence-electron chi connectivity index (χ4n) is 8.71. The van der Waals surface area contributed by atoms with Gasteiger partial charge in [0.05, 0.1) is 12.4 Å². The topological polar surface area (TPSA) is 42.1 Å². The Balaban J connectivity index is 0.00000512. The second-order valence-electron chi connectivity index (χ2n) is 17.1. The number of anilines is 4. The van der Waals surface area contributed by atoms with E-state index in [1.165, 1.54) is 33.4 Å². The summed E-state index contributed by atoms with van der Waals surface area (Å²) in [6.07, 6.45) is 8.33. The molecule has 0 unspecified atom stereocenters. The van der Waals surface area contributed by atoms with Gasteiger partial charge in [-0.05, 0) is 106 Å². The van der Waals surface area contributed by atoms with Crippen LogP contribution in [0.2, 0.25) is 0 Å². The predicted octanol–water partition coefficient (Wildman–Crippen LogP) is 13.5. The van der Waals surface area contributed by atoms with Crippen molar-refractivity contribution in [1.29, 1.82) is 0 Å². The summed E-state index contributed by atoms with van der Waals surface area (Å²) in [5.74, 6) is 1.57. The van der Waals surface area contributed by atoms with Gasteiger partial charge in [0.25, 0.3) is 0 Å². The number of fused-ring (bicyclic) bond motifs is 1. The molecule has 0 aliphatic carbocycles. The molecule has 0 bridgehead atoms. The number of para-hydroxylation sites is 1. The molecule has 8 rings (SSSR count). The fourth-order valence-corrected chi connectivity index (χ4v) is 8.71. The summed E-state index contributed by atoms with van der Waals surface area (Å²) in [4.78, 5) is 4.75. The Labute approximate surface area is 359 Å². The van der Waals surface area contributed by atoms with Crippen LogP contribution in [0.3, 0.4) is 0 Å². The van der Waals surface area contributed by atoms with Crippen LogP contribution >= 0.6 is 0 Å². The van der Waals surface area contributed by atoms with Crippen molar-refractivity contribution in [1.82, 2.24) is 19.6 Å². The minimum atomic E-state index is -0.511. The summed E-state index contributed by atoms with van der Waals surface area (Å²) in [6, 6.07) is 42.3. The zero-order chi connectivity index (χ0) is 40.2. The van der Waals surface area contributed by atoms with Crippen LogP contribution in [-0.4, -0.2) is 25.2 Å². The Morgan fingerprint density at radius 2 is 0.931 bits per heavy atom. The molecule has 298 valence electrons. The van der Waals surface area contributed by atoms with E-state index >= 15 is 0 Å². The summed E-state index contributed by atoms with van der Waals surface area (Å²) >= 11 is 0. The minimum absolute atomic E-state index is 0. The van der Waals surface area contributed by atoms with Crippen molar-refractivity contribution in [2.24, 2.45) is 0 Å². The van der Waals surface area contributed by atoms with Crippen molar-refractivity contribution < 1.29 is 21.1 Å². The van der Waals surface area contributed by atoms with Gasteiger partial charge in [-0.3, -0.25) is 9.36 Å². The summed E-state index contributed by atoms with van der Waals surface area (Å²) in [5, 5.41) is 9.88. The molecule has 1 aliphatic rings. The first kappa shape index (κ1) is 41.0. The molecule has 1 aliphatic heterocycles. The van der Waals surface area contributed by atoms with E-state index in [1.807, 2.05) is 21.8 Å². The molecule has 0 spiro atoms. The third kappa shape index (κ3) is 7.26. The third-order valence-corrected chi connectivity index (χ3v) is 11.4. The van der Waals surface area contributed by atoms with Gasteiger partial charge >= 0.3 is 21.1 Å². The average molecular weight is 946 g/mol. The molecule has 0 fully saturated rings. The smallest absolute Gasteiger partial charge is 0.371 e. The molecule has 0 amide bonds. The van der Waals surface area contributed by atoms with E-state index in [4.69, 9.17) is 10.2 Å². The molecular weight excluding hydrogens is 892 g/mol.